The van der Waals surface area contributed by atoms with Gasteiger partial charge in [0.25, 0.3) is 5.91 Å². The number of nitrogens with one attached hydrogen (secondary N) is 2. The van der Waals surface area contributed by atoms with Gasteiger partial charge in [0.05, 0.1) is 52.4 Å². The molecular weight excluding hydrogens is 919 g/mol. The van der Waals surface area contributed by atoms with Crippen molar-refractivity contribution in [3.8, 4) is 22.5 Å². The van der Waals surface area contributed by atoms with Crippen molar-refractivity contribution >= 4 is 61.5 Å². The number of sulfone groups is 1. The van der Waals surface area contributed by atoms with E-state index in [1.165, 1.54) is 28.3 Å². The number of hydrogen-bond acceptors (Lipinski definition) is 14. The Morgan fingerprint density at radius 2 is 1.83 bits per heavy atom. The van der Waals surface area contributed by atoms with E-state index in [0.717, 1.165) is 70.8 Å². The van der Waals surface area contributed by atoms with Crippen molar-refractivity contribution in [3.05, 3.63) is 52.1 Å². The molecule has 4 aromatic rings. The molecule has 0 radical (unpaired) electrons. The molecule has 19 heteroatoms. The number of aromatic nitrogens is 3. The molecule has 3 saturated heterocycles. The van der Waals surface area contributed by atoms with Gasteiger partial charge in [-0.3, -0.25) is 29.2 Å². The van der Waals surface area contributed by atoms with Gasteiger partial charge in [0, 0.05) is 92.7 Å². The van der Waals surface area contributed by atoms with Crippen LogP contribution in [0.15, 0.2) is 35.8 Å². The van der Waals surface area contributed by atoms with Crippen molar-refractivity contribution < 1.29 is 37.1 Å². The van der Waals surface area contributed by atoms with Gasteiger partial charge < -0.3 is 34.1 Å². The van der Waals surface area contributed by atoms with Crippen molar-refractivity contribution in [2.24, 2.45) is 11.3 Å². The van der Waals surface area contributed by atoms with Crippen molar-refractivity contribution in [3.63, 3.8) is 0 Å². The average molecular weight is 988 g/mol. The highest BCUT2D eigenvalue weighted by Gasteiger charge is 2.43. The lowest BCUT2D eigenvalue weighted by atomic mass is 9.84. The van der Waals surface area contributed by atoms with Gasteiger partial charge in [-0.2, -0.15) is 0 Å². The molecule has 0 saturated carbocycles. The molecule has 4 aliphatic heterocycles. The number of carbonyl (C=O) groups excluding carboxylic acids is 4. The van der Waals surface area contributed by atoms with Gasteiger partial charge in [-0.15, -0.1) is 11.3 Å². The van der Waals surface area contributed by atoms with Crippen LogP contribution < -0.4 is 15.6 Å². The average Bonchev–Trinajstić information content (AvgIpc) is 4.03. The molecule has 8 rings (SSSR count). The molecule has 6 bridgehead atoms. The second-order valence-corrected chi connectivity index (χ2v) is 23.6. The normalized spacial score (nSPS) is 23.1. The Morgan fingerprint density at radius 3 is 2.51 bits per heavy atom. The van der Waals surface area contributed by atoms with Gasteiger partial charge in [-0.1, -0.05) is 33.8 Å². The molecule has 0 aliphatic carbocycles. The lowest BCUT2D eigenvalue weighted by molar-refractivity contribution is -0.155. The zero-order valence-electron chi connectivity index (χ0n) is 41.5. The summed E-state index contributed by atoms with van der Waals surface area (Å²) in [5.74, 6) is -2.67. The van der Waals surface area contributed by atoms with Gasteiger partial charge in [-0.05, 0) is 82.7 Å². The van der Waals surface area contributed by atoms with E-state index >= 15 is 0 Å². The maximum absolute atomic E-state index is 14.6. The fourth-order valence-electron chi connectivity index (χ4n) is 10.5. The highest BCUT2D eigenvalue weighted by Crippen LogP contribution is 2.43. The predicted molar refractivity (Wildman–Crippen MR) is 267 cm³/mol. The number of piperazine rings is 1. The Kier molecular flexibility index (Phi) is 14.9. The summed E-state index contributed by atoms with van der Waals surface area (Å²) in [7, 11) is 1.66. The summed E-state index contributed by atoms with van der Waals surface area (Å²) in [6.45, 7) is 16.7. The third-order valence-corrected chi connectivity index (χ3v) is 17.4. The van der Waals surface area contributed by atoms with Crippen molar-refractivity contribution in [2.45, 2.75) is 116 Å². The van der Waals surface area contributed by atoms with Crippen molar-refractivity contribution in [1.29, 1.82) is 0 Å². The number of ether oxygens (including phenoxy) is 2. The minimum absolute atomic E-state index is 0.0250. The number of aryl methyl sites for hydroxylation is 1. The zero-order valence-corrected chi connectivity index (χ0v) is 43.2. The number of likely N-dealkylation sites (N-methyl/N-ethyl adjacent to an activating group) is 2. The van der Waals surface area contributed by atoms with E-state index in [9.17, 15) is 27.6 Å². The highest BCUT2D eigenvalue weighted by molar-refractivity contribution is 7.93. The first-order valence-electron chi connectivity index (χ1n) is 24.4. The molecule has 374 valence electrons. The second-order valence-electron chi connectivity index (χ2n) is 20.4. The second kappa shape index (κ2) is 20.4. The molecule has 2 N–H and O–H groups in total. The van der Waals surface area contributed by atoms with Gasteiger partial charge >= 0.3 is 5.97 Å². The molecule has 3 fully saturated rings. The minimum Gasteiger partial charge on any atom is -0.464 e. The molecule has 17 nitrogen and oxygen atoms in total. The number of fused-ring (bicyclic) bond motifs is 6. The summed E-state index contributed by atoms with van der Waals surface area (Å²) in [5, 5.41) is 6.72. The first-order chi connectivity index (χ1) is 32.8. The largest absolute Gasteiger partial charge is 0.464 e. The third kappa shape index (κ3) is 10.4. The molecule has 69 heavy (non-hydrogen) atoms. The lowest BCUT2D eigenvalue weighted by Gasteiger charge is -2.36. The fourth-order valence-corrected chi connectivity index (χ4v) is 13.2. The molecule has 3 aromatic heterocycles. The molecule has 5 atom stereocenters. The Balaban J connectivity index is 1.21. The Labute approximate surface area is 410 Å². The van der Waals surface area contributed by atoms with Crippen LogP contribution in [0.1, 0.15) is 89.6 Å². The SMILES string of the molecule is CCn1c(-c2cc(N3CCN(C)CC3)cnc2[C@H](C)OC)c2c3cc(ccc31)-c1csc(n1)C[C@H](NC(=O)[C@H](C(C)C)N(C)C(=O)[C@@H]1CCCS1(=O)=O)C(=O)N1CCC[C@H](N1)C(=O)OCC(C)(C)C2. The number of thiazole rings is 1. The monoisotopic (exact) mass is 987 g/mol. The van der Waals surface area contributed by atoms with Crippen LogP contribution in [0.3, 0.4) is 0 Å². The Hall–Kier alpha value is -4.95. The maximum Gasteiger partial charge on any atom is 0.324 e. The quantitative estimate of drug-likeness (QED) is 0.202. The van der Waals surface area contributed by atoms with Gasteiger partial charge in [0.1, 0.15) is 23.4 Å². The van der Waals surface area contributed by atoms with Gasteiger partial charge in [0.15, 0.2) is 9.84 Å². The fraction of sp³-hybridized carbons (Fsp3) is 0.600. The lowest BCUT2D eigenvalue weighted by Crippen LogP contribution is -2.62. The van der Waals surface area contributed by atoms with E-state index in [4.69, 9.17) is 19.4 Å². The molecule has 0 unspecified atom stereocenters. The van der Waals surface area contributed by atoms with Crippen LogP contribution in [0.4, 0.5) is 5.69 Å². The van der Waals surface area contributed by atoms with E-state index in [0.29, 0.717) is 42.9 Å². The number of carbonyl (C=O) groups is 4. The van der Waals surface area contributed by atoms with Crippen LogP contribution in [0.2, 0.25) is 0 Å². The van der Waals surface area contributed by atoms with Crippen LogP contribution in [0.25, 0.3) is 33.4 Å². The topological polar surface area (TPSA) is 189 Å². The van der Waals surface area contributed by atoms with E-state index < -0.39 is 68.2 Å². The number of cyclic esters (lactones) is 1. The first-order valence-corrected chi connectivity index (χ1v) is 27.0. The van der Waals surface area contributed by atoms with Crippen LogP contribution >= 0.6 is 11.3 Å². The van der Waals surface area contributed by atoms with Crippen LogP contribution in [0.5, 0.6) is 0 Å². The summed E-state index contributed by atoms with van der Waals surface area (Å²) in [4.78, 5) is 72.9. The Morgan fingerprint density at radius 1 is 1.07 bits per heavy atom. The van der Waals surface area contributed by atoms with Crippen LogP contribution in [-0.2, 0) is 57.9 Å². The summed E-state index contributed by atoms with van der Waals surface area (Å²) >= 11 is 1.38. The van der Waals surface area contributed by atoms with E-state index in [2.05, 4.69) is 77.2 Å². The minimum atomic E-state index is -3.64. The molecule has 1 aromatic carbocycles. The van der Waals surface area contributed by atoms with Crippen molar-refractivity contribution in [1.82, 2.24) is 40.1 Å². The summed E-state index contributed by atoms with van der Waals surface area (Å²) in [6, 6.07) is 5.61. The number of nitrogens with zero attached hydrogens (tertiary/aromatic N) is 7. The number of methoxy groups -OCH3 is 1. The number of benzene rings is 1. The van der Waals surface area contributed by atoms with Crippen LogP contribution in [0, 0.1) is 11.3 Å². The maximum atomic E-state index is 14.6. The molecule has 0 spiro atoms. The number of anilines is 1. The Bertz CT molecular complexity index is 2690. The summed E-state index contributed by atoms with van der Waals surface area (Å²) in [6.07, 6.45) is 3.78. The first kappa shape index (κ1) is 50.4. The number of amides is 3. The molecule has 3 amide bonds. The predicted octanol–water partition coefficient (Wildman–Crippen LogP) is 5.01. The number of esters is 1. The standard InChI is InChI=1S/C50H69N9O8S2/c1-10-58-40-16-15-32-23-34(40)36(45(58)35-24-33(27-51-43(35)31(4)66-9)57-20-18-55(7)19-21-57)26-50(5,6)29-67-49(63)37-13-11-17-59(54-37)47(61)38(25-42-52-39(32)28-68-42)53-46(60)44(30(2)3)56(8)48(62)41-14-12-22-69(41,64)65/h15-16,23-24,27-28,30-31,37-38,41,44,54H,10-14,17-22,25-26,29H2,1-9H3,(H,53,60)/t31-,37-,38-,41-,44-/m0/s1. The highest BCUT2D eigenvalue weighted by atomic mass is 32.2. The number of hydrogen-bond donors (Lipinski definition) is 2. The van der Waals surface area contributed by atoms with E-state index in [1.807, 2.05) is 18.5 Å². The van der Waals surface area contributed by atoms with Crippen LogP contribution in [-0.4, -0.2) is 151 Å². The smallest absolute Gasteiger partial charge is 0.324 e. The number of pyridine rings is 1. The number of hydrazine groups is 1. The zero-order chi connectivity index (χ0) is 49.5. The summed E-state index contributed by atoms with van der Waals surface area (Å²) < 4.78 is 40.1. The van der Waals surface area contributed by atoms with Gasteiger partial charge in [0.2, 0.25) is 11.8 Å². The van der Waals surface area contributed by atoms with E-state index in [1.54, 1.807) is 21.0 Å². The molecular formula is C50H69N9O8S2. The van der Waals surface area contributed by atoms with Gasteiger partial charge in [-0.25, -0.2) is 18.8 Å². The molecule has 7 heterocycles. The summed E-state index contributed by atoms with van der Waals surface area (Å²) in [5.41, 5.74) is 10.2. The molecule has 4 aliphatic rings. The van der Waals surface area contributed by atoms with Crippen molar-refractivity contribution in [2.75, 3.05) is 71.2 Å². The third-order valence-electron chi connectivity index (χ3n) is 14.4. The van der Waals surface area contributed by atoms with E-state index in [-0.39, 0.29) is 37.9 Å². The number of rotatable bonds is 10.